The second-order valence-electron chi connectivity index (χ2n) is 5.53. The summed E-state index contributed by atoms with van der Waals surface area (Å²) in [5.41, 5.74) is -0.280. The summed E-state index contributed by atoms with van der Waals surface area (Å²) in [5, 5.41) is 12.5. The largest absolute Gasteiger partial charge is 0.480 e. The molecule has 0 aliphatic carbocycles. The van der Waals surface area contributed by atoms with Crippen molar-refractivity contribution in [2.24, 2.45) is 0 Å². The third-order valence-electron chi connectivity index (χ3n) is 3.61. The van der Waals surface area contributed by atoms with Crippen LogP contribution >= 0.6 is 11.6 Å². The van der Waals surface area contributed by atoms with Gasteiger partial charge in [-0.15, -0.1) is 0 Å². The number of carbonyl (C=O) groups excluding carboxylic acids is 1. The lowest BCUT2D eigenvalue weighted by molar-refractivity contribution is -0.149. The van der Waals surface area contributed by atoms with Gasteiger partial charge in [-0.1, -0.05) is 29.8 Å². The van der Waals surface area contributed by atoms with Crippen LogP contribution in [0.25, 0.3) is 0 Å². The summed E-state index contributed by atoms with van der Waals surface area (Å²) in [6, 6.07) is 7.04. The van der Waals surface area contributed by atoms with Gasteiger partial charge in [0.2, 0.25) is 5.91 Å². The number of rotatable bonds is 6. The van der Waals surface area contributed by atoms with Gasteiger partial charge < -0.3 is 10.4 Å². The molecule has 0 aliphatic heterocycles. The number of likely N-dealkylation sites (N-methyl/N-ethyl adjacent to an activating group) is 1. The Morgan fingerprint density at radius 1 is 1.38 bits per heavy atom. The molecule has 0 spiro atoms. The van der Waals surface area contributed by atoms with Crippen LogP contribution in [0.3, 0.4) is 0 Å². The number of hydrogen-bond donors (Lipinski definition) is 2. The first-order valence-electron chi connectivity index (χ1n) is 6.64. The molecule has 0 bridgehead atoms. The van der Waals surface area contributed by atoms with Gasteiger partial charge in [0.1, 0.15) is 5.54 Å². The van der Waals surface area contributed by atoms with Crippen LogP contribution in [-0.2, 0) is 9.59 Å². The molecular formula is C15H21ClN2O3. The maximum atomic E-state index is 12.0. The van der Waals surface area contributed by atoms with E-state index in [1.165, 1.54) is 4.90 Å². The number of carboxylic acids is 1. The lowest BCUT2D eigenvalue weighted by atomic mass is 10.0. The van der Waals surface area contributed by atoms with Gasteiger partial charge in [-0.05, 0) is 39.4 Å². The number of benzene rings is 1. The van der Waals surface area contributed by atoms with E-state index in [0.29, 0.717) is 5.02 Å². The van der Waals surface area contributed by atoms with Crippen LogP contribution in [0.1, 0.15) is 32.4 Å². The molecule has 5 nitrogen and oxygen atoms in total. The van der Waals surface area contributed by atoms with Gasteiger partial charge in [0.25, 0.3) is 0 Å². The number of hydrogen-bond acceptors (Lipinski definition) is 3. The predicted molar refractivity (Wildman–Crippen MR) is 82.4 cm³/mol. The summed E-state index contributed by atoms with van der Waals surface area (Å²) in [6.45, 7) is 4.94. The van der Waals surface area contributed by atoms with Gasteiger partial charge in [0.15, 0.2) is 0 Å². The summed E-state index contributed by atoms with van der Waals surface area (Å²) >= 11 is 6.08. The van der Waals surface area contributed by atoms with Gasteiger partial charge in [-0.25, -0.2) is 0 Å². The van der Waals surface area contributed by atoms with E-state index in [1.54, 1.807) is 27.0 Å². The van der Waals surface area contributed by atoms with Crippen molar-refractivity contribution < 1.29 is 14.7 Å². The second kappa shape index (κ2) is 6.91. The molecule has 1 atom stereocenters. The highest BCUT2D eigenvalue weighted by atomic mass is 35.5. The number of nitrogens with one attached hydrogen (secondary N) is 1. The van der Waals surface area contributed by atoms with E-state index in [2.05, 4.69) is 5.32 Å². The van der Waals surface area contributed by atoms with E-state index in [1.807, 2.05) is 25.1 Å². The molecule has 0 aromatic heterocycles. The molecule has 0 saturated carbocycles. The van der Waals surface area contributed by atoms with Crippen LogP contribution in [0.15, 0.2) is 24.3 Å². The van der Waals surface area contributed by atoms with Gasteiger partial charge in [0.05, 0.1) is 12.6 Å². The van der Waals surface area contributed by atoms with Crippen molar-refractivity contribution in [1.82, 2.24) is 10.2 Å². The molecule has 0 radical (unpaired) electrons. The summed E-state index contributed by atoms with van der Waals surface area (Å²) in [7, 11) is 1.61. The minimum absolute atomic E-state index is 0.00586. The first-order valence-corrected chi connectivity index (χ1v) is 7.02. The molecule has 0 heterocycles. The topological polar surface area (TPSA) is 69.6 Å². The molecule has 0 aliphatic rings. The van der Waals surface area contributed by atoms with Crippen LogP contribution in [0.5, 0.6) is 0 Å². The van der Waals surface area contributed by atoms with E-state index < -0.39 is 11.5 Å². The van der Waals surface area contributed by atoms with Crippen molar-refractivity contribution in [3.8, 4) is 0 Å². The van der Waals surface area contributed by atoms with Gasteiger partial charge in [-0.3, -0.25) is 14.5 Å². The second-order valence-corrected chi connectivity index (χ2v) is 5.94. The summed E-state index contributed by atoms with van der Waals surface area (Å²) in [4.78, 5) is 24.7. The Morgan fingerprint density at radius 3 is 2.48 bits per heavy atom. The third kappa shape index (κ3) is 4.44. The number of aliphatic carboxylic acids is 1. The molecule has 1 rings (SSSR count). The highest BCUT2D eigenvalue weighted by Crippen LogP contribution is 2.22. The van der Waals surface area contributed by atoms with Crippen LogP contribution in [-0.4, -0.2) is 41.0 Å². The quantitative estimate of drug-likeness (QED) is 0.845. The summed E-state index contributed by atoms with van der Waals surface area (Å²) in [5.74, 6) is -1.23. The molecule has 1 unspecified atom stereocenters. The summed E-state index contributed by atoms with van der Waals surface area (Å²) in [6.07, 6.45) is 0. The fourth-order valence-electron chi connectivity index (χ4n) is 1.77. The van der Waals surface area contributed by atoms with Gasteiger partial charge in [-0.2, -0.15) is 0 Å². The Balaban J connectivity index is 2.66. The fraction of sp³-hybridized carbons (Fsp3) is 0.467. The monoisotopic (exact) mass is 312 g/mol. The van der Waals surface area contributed by atoms with E-state index >= 15 is 0 Å². The Morgan fingerprint density at radius 2 is 1.95 bits per heavy atom. The van der Waals surface area contributed by atoms with Crippen molar-refractivity contribution in [2.75, 3.05) is 13.6 Å². The Bertz CT molecular complexity index is 531. The number of amides is 1. The summed E-state index contributed by atoms with van der Waals surface area (Å²) < 4.78 is 0. The Labute approximate surface area is 129 Å². The van der Waals surface area contributed by atoms with Crippen molar-refractivity contribution in [3.05, 3.63) is 34.9 Å². The number of nitrogens with zero attached hydrogens (tertiary/aromatic N) is 1. The molecule has 0 saturated heterocycles. The maximum Gasteiger partial charge on any atom is 0.323 e. The average Bonchev–Trinajstić information content (AvgIpc) is 2.38. The lowest BCUT2D eigenvalue weighted by Gasteiger charge is -2.31. The van der Waals surface area contributed by atoms with Crippen molar-refractivity contribution in [1.29, 1.82) is 0 Å². The number of carboxylic acid groups (broad SMARTS) is 1. The predicted octanol–water partition coefficient (Wildman–Crippen LogP) is 2.31. The van der Waals surface area contributed by atoms with E-state index in [4.69, 9.17) is 16.7 Å². The molecule has 1 aromatic carbocycles. The molecule has 1 aromatic rings. The highest BCUT2D eigenvalue weighted by molar-refractivity contribution is 6.31. The molecule has 21 heavy (non-hydrogen) atoms. The van der Waals surface area contributed by atoms with E-state index in [9.17, 15) is 9.59 Å². The minimum Gasteiger partial charge on any atom is -0.480 e. The average molecular weight is 313 g/mol. The van der Waals surface area contributed by atoms with Gasteiger partial charge >= 0.3 is 5.97 Å². The minimum atomic E-state index is -1.11. The Kier molecular flexibility index (Phi) is 5.75. The lowest BCUT2D eigenvalue weighted by Crippen LogP contribution is -2.51. The number of carbonyl (C=O) groups is 2. The molecule has 2 N–H and O–H groups in total. The zero-order valence-corrected chi connectivity index (χ0v) is 13.4. The zero-order chi connectivity index (χ0) is 16.2. The van der Waals surface area contributed by atoms with Crippen LogP contribution in [0, 0.1) is 0 Å². The van der Waals surface area contributed by atoms with Crippen LogP contribution in [0.4, 0.5) is 0 Å². The van der Waals surface area contributed by atoms with Crippen molar-refractivity contribution in [2.45, 2.75) is 32.4 Å². The van der Waals surface area contributed by atoms with Crippen LogP contribution in [0.2, 0.25) is 5.02 Å². The first-order chi connectivity index (χ1) is 9.66. The van der Waals surface area contributed by atoms with E-state index in [0.717, 1.165) is 5.56 Å². The standard InChI is InChI=1S/C15H21ClN2O3/c1-10(11-7-5-6-8-12(11)16)17-13(19)9-18(4)15(2,3)14(20)21/h5-8,10H,9H2,1-4H3,(H,17,19)(H,20,21). The van der Waals surface area contributed by atoms with E-state index in [-0.39, 0.29) is 18.5 Å². The van der Waals surface area contributed by atoms with Crippen LogP contribution < -0.4 is 5.32 Å². The fourth-order valence-corrected chi connectivity index (χ4v) is 2.07. The van der Waals surface area contributed by atoms with Gasteiger partial charge in [0, 0.05) is 5.02 Å². The molecular weight excluding hydrogens is 292 g/mol. The molecule has 6 heteroatoms. The number of halogens is 1. The van der Waals surface area contributed by atoms with Crippen molar-refractivity contribution >= 4 is 23.5 Å². The third-order valence-corrected chi connectivity index (χ3v) is 3.95. The SMILES string of the molecule is CC(NC(=O)CN(C)C(C)(C)C(=O)O)c1ccccc1Cl. The highest BCUT2D eigenvalue weighted by Gasteiger charge is 2.33. The molecule has 1 amide bonds. The molecule has 116 valence electrons. The normalized spacial score (nSPS) is 13.0. The zero-order valence-electron chi connectivity index (χ0n) is 12.7. The Hall–Kier alpha value is -1.59. The van der Waals surface area contributed by atoms with Crippen molar-refractivity contribution in [3.63, 3.8) is 0 Å². The first kappa shape index (κ1) is 17.5. The molecule has 0 fully saturated rings. The maximum absolute atomic E-state index is 12.0. The smallest absolute Gasteiger partial charge is 0.323 e.